The van der Waals surface area contributed by atoms with Crippen LogP contribution in [0.5, 0.6) is 5.75 Å². The average molecular weight is 270 g/mol. The summed E-state index contributed by atoms with van der Waals surface area (Å²) in [5.41, 5.74) is 7.71. The number of hydrogen-bond donors (Lipinski definition) is 1. The van der Waals surface area contributed by atoms with Gasteiger partial charge in [-0.3, -0.25) is 0 Å². The highest BCUT2D eigenvalue weighted by Crippen LogP contribution is 2.34. The van der Waals surface area contributed by atoms with E-state index in [4.69, 9.17) is 10.5 Å². The Morgan fingerprint density at radius 2 is 2.20 bits per heavy atom. The molecule has 0 bridgehead atoms. The Morgan fingerprint density at radius 1 is 1.47 bits per heavy atom. The van der Waals surface area contributed by atoms with Crippen molar-refractivity contribution in [2.24, 2.45) is 5.92 Å². The molecule has 0 spiro atoms. The highest BCUT2D eigenvalue weighted by Gasteiger charge is 2.21. The lowest BCUT2D eigenvalue weighted by molar-refractivity contribution is 0.302. The number of nitrogen functional groups attached to an aromatic ring is 1. The second kappa shape index (κ2) is 4.44. The summed E-state index contributed by atoms with van der Waals surface area (Å²) in [6.45, 7) is 2.81. The zero-order chi connectivity index (χ0) is 10.8. The molecule has 0 aromatic heterocycles. The fourth-order valence-corrected chi connectivity index (χ4v) is 2.28. The minimum Gasteiger partial charge on any atom is -0.491 e. The van der Waals surface area contributed by atoms with Crippen LogP contribution in [0.2, 0.25) is 0 Å². The minimum absolute atomic E-state index is 0.720. The van der Waals surface area contributed by atoms with Gasteiger partial charge in [0.1, 0.15) is 5.75 Å². The summed E-state index contributed by atoms with van der Waals surface area (Å²) in [6, 6.07) is 3.92. The lowest BCUT2D eigenvalue weighted by atomic mass is 10.2. The molecule has 1 aromatic rings. The first-order valence-electron chi connectivity index (χ1n) is 5.35. The molecule has 1 fully saturated rings. The van der Waals surface area contributed by atoms with Gasteiger partial charge in [-0.2, -0.15) is 0 Å². The maximum Gasteiger partial charge on any atom is 0.145 e. The van der Waals surface area contributed by atoms with Gasteiger partial charge in [0.2, 0.25) is 0 Å². The molecule has 3 heteroatoms. The fourth-order valence-electron chi connectivity index (χ4n) is 1.69. The van der Waals surface area contributed by atoms with Gasteiger partial charge in [-0.15, -0.1) is 0 Å². The van der Waals surface area contributed by atoms with Crippen molar-refractivity contribution < 1.29 is 4.74 Å². The third-order valence-corrected chi connectivity index (χ3v) is 3.20. The third-order valence-electron chi connectivity index (χ3n) is 2.74. The maximum absolute atomic E-state index is 5.90. The van der Waals surface area contributed by atoms with Crippen molar-refractivity contribution in [2.75, 3.05) is 12.3 Å². The van der Waals surface area contributed by atoms with Gasteiger partial charge < -0.3 is 10.5 Å². The molecule has 0 aliphatic heterocycles. The Bertz CT molecular complexity index is 338. The van der Waals surface area contributed by atoms with Crippen LogP contribution in [-0.2, 0) is 0 Å². The van der Waals surface area contributed by atoms with Crippen molar-refractivity contribution in [3.05, 3.63) is 22.2 Å². The van der Waals surface area contributed by atoms with Crippen LogP contribution >= 0.6 is 15.9 Å². The van der Waals surface area contributed by atoms with E-state index in [-0.39, 0.29) is 0 Å². The van der Waals surface area contributed by atoms with Crippen LogP contribution in [0, 0.1) is 12.8 Å². The van der Waals surface area contributed by atoms with Crippen LogP contribution in [0.15, 0.2) is 16.6 Å². The third kappa shape index (κ3) is 2.88. The second-order valence-corrected chi connectivity index (χ2v) is 5.14. The Kier molecular flexibility index (Phi) is 3.19. The van der Waals surface area contributed by atoms with Gasteiger partial charge in [-0.1, -0.05) is 28.8 Å². The average Bonchev–Trinajstić information content (AvgIpc) is 2.93. The predicted octanol–water partition coefficient (Wildman–Crippen LogP) is 3.52. The van der Waals surface area contributed by atoms with Crippen LogP contribution in [0.4, 0.5) is 5.69 Å². The molecule has 0 unspecified atom stereocenters. The van der Waals surface area contributed by atoms with E-state index in [0.29, 0.717) is 0 Å². The second-order valence-electron chi connectivity index (χ2n) is 4.22. The standard InChI is InChI=1S/C12H16BrNO/c1-8-6-10(13)7-11(14)12(8)15-5-4-9-2-3-9/h6-7,9H,2-5,14H2,1H3. The van der Waals surface area contributed by atoms with Gasteiger partial charge in [-0.05, 0) is 37.0 Å². The topological polar surface area (TPSA) is 35.2 Å². The van der Waals surface area contributed by atoms with E-state index in [0.717, 1.165) is 40.4 Å². The van der Waals surface area contributed by atoms with Crippen molar-refractivity contribution in [3.8, 4) is 5.75 Å². The van der Waals surface area contributed by atoms with Crippen LogP contribution in [0.25, 0.3) is 0 Å². The fraction of sp³-hybridized carbons (Fsp3) is 0.500. The van der Waals surface area contributed by atoms with Crippen molar-refractivity contribution in [3.63, 3.8) is 0 Å². The number of rotatable bonds is 4. The quantitative estimate of drug-likeness (QED) is 0.849. The van der Waals surface area contributed by atoms with Gasteiger partial charge in [0.05, 0.1) is 12.3 Å². The molecule has 2 N–H and O–H groups in total. The number of nitrogens with two attached hydrogens (primary N) is 1. The zero-order valence-corrected chi connectivity index (χ0v) is 10.5. The van der Waals surface area contributed by atoms with E-state index in [1.807, 2.05) is 19.1 Å². The van der Waals surface area contributed by atoms with Gasteiger partial charge in [0, 0.05) is 4.47 Å². The number of benzene rings is 1. The molecule has 0 atom stereocenters. The summed E-state index contributed by atoms with van der Waals surface area (Å²) in [5, 5.41) is 0. The molecule has 0 heterocycles. The largest absolute Gasteiger partial charge is 0.491 e. The van der Waals surface area contributed by atoms with Crippen molar-refractivity contribution in [1.29, 1.82) is 0 Å². The Morgan fingerprint density at radius 3 is 2.80 bits per heavy atom. The summed E-state index contributed by atoms with van der Waals surface area (Å²) in [6.07, 6.45) is 3.91. The van der Waals surface area contributed by atoms with E-state index in [1.165, 1.54) is 12.8 Å². The monoisotopic (exact) mass is 269 g/mol. The highest BCUT2D eigenvalue weighted by molar-refractivity contribution is 9.10. The van der Waals surface area contributed by atoms with Crippen molar-refractivity contribution in [1.82, 2.24) is 0 Å². The molecule has 2 rings (SSSR count). The van der Waals surface area contributed by atoms with Crippen molar-refractivity contribution in [2.45, 2.75) is 26.2 Å². The molecule has 0 radical (unpaired) electrons. The number of anilines is 1. The van der Waals surface area contributed by atoms with Gasteiger partial charge in [0.15, 0.2) is 0 Å². The Balaban J connectivity index is 1.99. The van der Waals surface area contributed by atoms with Gasteiger partial charge >= 0.3 is 0 Å². The summed E-state index contributed by atoms with van der Waals surface area (Å²) in [5.74, 6) is 1.75. The number of hydrogen-bond acceptors (Lipinski definition) is 2. The summed E-state index contributed by atoms with van der Waals surface area (Å²) >= 11 is 3.41. The molecule has 1 aliphatic carbocycles. The molecule has 1 aliphatic rings. The van der Waals surface area contributed by atoms with E-state index < -0.39 is 0 Å². The van der Waals surface area contributed by atoms with Gasteiger partial charge in [-0.25, -0.2) is 0 Å². The van der Waals surface area contributed by atoms with Crippen LogP contribution in [-0.4, -0.2) is 6.61 Å². The predicted molar refractivity (Wildman–Crippen MR) is 66.1 cm³/mol. The first kappa shape index (κ1) is 10.8. The zero-order valence-electron chi connectivity index (χ0n) is 8.92. The normalized spacial score (nSPS) is 15.3. The lowest BCUT2D eigenvalue weighted by Crippen LogP contribution is -2.02. The molecule has 82 valence electrons. The molecular formula is C12H16BrNO. The summed E-state index contributed by atoms with van der Waals surface area (Å²) in [4.78, 5) is 0. The van der Waals surface area contributed by atoms with E-state index >= 15 is 0 Å². The smallest absolute Gasteiger partial charge is 0.145 e. The molecule has 15 heavy (non-hydrogen) atoms. The number of halogens is 1. The van der Waals surface area contributed by atoms with Gasteiger partial charge in [0.25, 0.3) is 0 Å². The first-order chi connectivity index (χ1) is 7.16. The summed E-state index contributed by atoms with van der Waals surface area (Å²) in [7, 11) is 0. The molecular weight excluding hydrogens is 254 g/mol. The number of ether oxygens (including phenoxy) is 1. The Hall–Kier alpha value is -0.700. The molecule has 0 saturated heterocycles. The van der Waals surface area contributed by atoms with E-state index in [2.05, 4.69) is 15.9 Å². The lowest BCUT2D eigenvalue weighted by Gasteiger charge is -2.12. The number of aryl methyl sites for hydroxylation is 1. The highest BCUT2D eigenvalue weighted by atomic mass is 79.9. The molecule has 1 aromatic carbocycles. The van der Waals surface area contributed by atoms with Crippen molar-refractivity contribution >= 4 is 21.6 Å². The molecule has 1 saturated carbocycles. The van der Waals surface area contributed by atoms with Crippen LogP contribution in [0.3, 0.4) is 0 Å². The molecule has 0 amide bonds. The first-order valence-corrected chi connectivity index (χ1v) is 6.14. The van der Waals surface area contributed by atoms with E-state index in [1.54, 1.807) is 0 Å². The maximum atomic E-state index is 5.90. The van der Waals surface area contributed by atoms with Crippen LogP contribution in [0.1, 0.15) is 24.8 Å². The van der Waals surface area contributed by atoms with Crippen LogP contribution < -0.4 is 10.5 Å². The minimum atomic E-state index is 0.720. The van der Waals surface area contributed by atoms with E-state index in [9.17, 15) is 0 Å². The SMILES string of the molecule is Cc1cc(Br)cc(N)c1OCCC1CC1. The summed E-state index contributed by atoms with van der Waals surface area (Å²) < 4.78 is 6.73. The Labute approximate surface area is 98.9 Å². The molecule has 2 nitrogen and oxygen atoms in total.